The topological polar surface area (TPSA) is 58.2 Å². The highest BCUT2D eigenvalue weighted by molar-refractivity contribution is 5.90. The maximum atomic E-state index is 13.1. The summed E-state index contributed by atoms with van der Waals surface area (Å²) in [5, 5.41) is 6.22. The van der Waals surface area contributed by atoms with E-state index in [1.54, 1.807) is 0 Å². The van der Waals surface area contributed by atoms with Crippen LogP contribution in [0.25, 0.3) is 0 Å². The van der Waals surface area contributed by atoms with Gasteiger partial charge in [0, 0.05) is 11.5 Å². The van der Waals surface area contributed by atoms with Gasteiger partial charge in [0.15, 0.2) is 0 Å². The molecule has 5 aliphatic rings. The van der Waals surface area contributed by atoms with Gasteiger partial charge in [0.1, 0.15) is 6.04 Å². The van der Waals surface area contributed by atoms with Gasteiger partial charge in [-0.2, -0.15) is 0 Å². The van der Waals surface area contributed by atoms with Crippen molar-refractivity contribution in [2.75, 3.05) is 0 Å². The van der Waals surface area contributed by atoms with Crippen LogP contribution in [0.4, 0.5) is 0 Å². The van der Waals surface area contributed by atoms with Crippen LogP contribution in [0.1, 0.15) is 65.2 Å². The zero-order valence-electron chi connectivity index (χ0n) is 14.4. The molecule has 0 saturated heterocycles. The van der Waals surface area contributed by atoms with E-state index in [1.807, 2.05) is 13.8 Å². The van der Waals surface area contributed by atoms with Crippen molar-refractivity contribution in [2.24, 2.45) is 29.1 Å². The highest BCUT2D eigenvalue weighted by atomic mass is 16.2. The maximum absolute atomic E-state index is 13.1. The fraction of sp³-hybridized carbons (Fsp3) is 0.895. The molecule has 0 aliphatic heterocycles. The van der Waals surface area contributed by atoms with Gasteiger partial charge in [-0.1, -0.05) is 13.8 Å². The number of rotatable bonds is 5. The summed E-state index contributed by atoms with van der Waals surface area (Å²) in [6, 6.07) is -0.0312. The van der Waals surface area contributed by atoms with E-state index in [9.17, 15) is 9.59 Å². The lowest BCUT2D eigenvalue weighted by atomic mass is 9.49. The smallest absolute Gasteiger partial charge is 0.243 e. The van der Waals surface area contributed by atoms with Crippen molar-refractivity contribution in [3.8, 4) is 0 Å². The Bertz CT molecular complexity index is 474. The SMILES string of the molecule is CC(C)[C@@H](NC(=O)C12CC3CC(CC(C3)C1)C2)C(=O)NC1CC1. The molecule has 2 amide bonds. The minimum Gasteiger partial charge on any atom is -0.352 e. The predicted molar refractivity (Wildman–Crippen MR) is 88.5 cm³/mol. The molecule has 23 heavy (non-hydrogen) atoms. The molecule has 0 radical (unpaired) electrons. The van der Waals surface area contributed by atoms with Crippen molar-refractivity contribution in [3.05, 3.63) is 0 Å². The Morgan fingerprint density at radius 2 is 1.48 bits per heavy atom. The fourth-order valence-corrected chi connectivity index (χ4v) is 5.74. The zero-order chi connectivity index (χ0) is 16.2. The van der Waals surface area contributed by atoms with Gasteiger partial charge >= 0.3 is 0 Å². The van der Waals surface area contributed by atoms with Crippen molar-refractivity contribution in [1.29, 1.82) is 0 Å². The minimum absolute atomic E-state index is 0.0144. The summed E-state index contributed by atoms with van der Waals surface area (Å²) in [4.78, 5) is 25.6. The first-order chi connectivity index (χ1) is 10.9. The van der Waals surface area contributed by atoms with Gasteiger partial charge in [0.05, 0.1) is 0 Å². The third kappa shape index (κ3) is 2.89. The summed E-state index contributed by atoms with van der Waals surface area (Å²) in [5.74, 6) is 2.58. The molecule has 4 heteroatoms. The van der Waals surface area contributed by atoms with Gasteiger partial charge in [-0.15, -0.1) is 0 Å². The van der Waals surface area contributed by atoms with Gasteiger partial charge in [0.2, 0.25) is 11.8 Å². The summed E-state index contributed by atoms with van der Waals surface area (Å²) >= 11 is 0. The highest BCUT2D eigenvalue weighted by Crippen LogP contribution is 2.60. The number of nitrogens with one attached hydrogen (secondary N) is 2. The van der Waals surface area contributed by atoms with Crippen LogP contribution < -0.4 is 10.6 Å². The Labute approximate surface area is 139 Å². The van der Waals surface area contributed by atoms with Crippen LogP contribution in [-0.4, -0.2) is 23.9 Å². The van der Waals surface area contributed by atoms with E-state index in [2.05, 4.69) is 10.6 Å². The van der Waals surface area contributed by atoms with E-state index < -0.39 is 0 Å². The molecule has 2 N–H and O–H groups in total. The summed E-state index contributed by atoms with van der Waals surface area (Å²) < 4.78 is 0. The van der Waals surface area contributed by atoms with Crippen molar-refractivity contribution < 1.29 is 9.59 Å². The van der Waals surface area contributed by atoms with Crippen molar-refractivity contribution in [1.82, 2.24) is 10.6 Å². The number of hydrogen-bond donors (Lipinski definition) is 2. The molecule has 4 nitrogen and oxygen atoms in total. The summed E-state index contributed by atoms with van der Waals surface area (Å²) in [6.45, 7) is 4.05. The average Bonchev–Trinajstić information content (AvgIpc) is 3.26. The lowest BCUT2D eigenvalue weighted by molar-refractivity contribution is -0.149. The molecule has 128 valence electrons. The Kier molecular flexibility index (Phi) is 3.69. The van der Waals surface area contributed by atoms with Crippen molar-refractivity contribution in [3.63, 3.8) is 0 Å². The van der Waals surface area contributed by atoms with E-state index in [0.29, 0.717) is 6.04 Å². The molecule has 5 fully saturated rings. The predicted octanol–water partition coefficient (Wildman–Crippen LogP) is 2.62. The second-order valence-electron chi connectivity index (χ2n) is 9.18. The molecule has 5 saturated carbocycles. The number of amides is 2. The lowest BCUT2D eigenvalue weighted by Gasteiger charge is -2.55. The second-order valence-corrected chi connectivity index (χ2v) is 9.18. The quantitative estimate of drug-likeness (QED) is 0.818. The van der Waals surface area contributed by atoms with Gasteiger partial charge in [-0.3, -0.25) is 9.59 Å². The van der Waals surface area contributed by atoms with Gasteiger partial charge in [-0.05, 0) is 75.0 Å². The number of hydrogen-bond acceptors (Lipinski definition) is 2. The maximum Gasteiger partial charge on any atom is 0.243 e. The Morgan fingerprint density at radius 1 is 0.957 bits per heavy atom. The molecule has 0 aromatic heterocycles. The first-order valence-electron chi connectivity index (χ1n) is 9.56. The molecule has 4 bridgehead atoms. The molecule has 0 spiro atoms. The summed E-state index contributed by atoms with van der Waals surface area (Å²) in [6.07, 6.45) is 9.34. The van der Waals surface area contributed by atoms with Crippen LogP contribution in [0.5, 0.6) is 0 Å². The van der Waals surface area contributed by atoms with E-state index >= 15 is 0 Å². The van der Waals surface area contributed by atoms with Crippen LogP contribution in [-0.2, 0) is 9.59 Å². The van der Waals surface area contributed by atoms with Crippen LogP contribution in [0.15, 0.2) is 0 Å². The minimum atomic E-state index is -0.379. The lowest BCUT2D eigenvalue weighted by Crippen LogP contribution is -2.58. The normalized spacial score (nSPS) is 39.3. The molecule has 0 heterocycles. The van der Waals surface area contributed by atoms with Gasteiger partial charge in [-0.25, -0.2) is 0 Å². The monoisotopic (exact) mass is 318 g/mol. The standard InChI is InChI=1S/C19H30N2O2/c1-11(2)16(17(22)20-15-3-4-15)21-18(23)19-8-12-5-13(9-19)7-14(6-12)10-19/h11-16H,3-10H2,1-2H3,(H,20,22)(H,21,23)/t12?,13?,14?,16-,19?/m1/s1. The first-order valence-corrected chi connectivity index (χ1v) is 9.56. The molecular weight excluding hydrogens is 288 g/mol. The molecule has 0 aromatic rings. The van der Waals surface area contributed by atoms with Crippen LogP contribution in [0.3, 0.4) is 0 Å². The molecule has 0 unspecified atom stereocenters. The Morgan fingerprint density at radius 3 is 1.91 bits per heavy atom. The van der Waals surface area contributed by atoms with E-state index in [0.717, 1.165) is 49.9 Å². The van der Waals surface area contributed by atoms with Gasteiger partial charge < -0.3 is 10.6 Å². The second kappa shape index (κ2) is 5.49. The average molecular weight is 318 g/mol. The number of carbonyl (C=O) groups is 2. The van der Waals surface area contributed by atoms with Crippen LogP contribution in [0, 0.1) is 29.1 Å². The molecule has 1 atom stereocenters. The van der Waals surface area contributed by atoms with E-state index in [-0.39, 0.29) is 29.2 Å². The summed E-state index contributed by atoms with van der Waals surface area (Å²) in [7, 11) is 0. The Balaban J connectivity index is 1.46. The van der Waals surface area contributed by atoms with Gasteiger partial charge in [0.25, 0.3) is 0 Å². The Hall–Kier alpha value is -1.06. The van der Waals surface area contributed by atoms with E-state index in [4.69, 9.17) is 0 Å². The highest BCUT2D eigenvalue weighted by Gasteiger charge is 2.55. The van der Waals surface area contributed by atoms with Crippen LogP contribution in [0.2, 0.25) is 0 Å². The third-order valence-corrected chi connectivity index (χ3v) is 6.68. The molecule has 5 rings (SSSR count). The van der Waals surface area contributed by atoms with Crippen molar-refractivity contribution in [2.45, 2.75) is 77.3 Å². The third-order valence-electron chi connectivity index (χ3n) is 6.68. The summed E-state index contributed by atoms with van der Waals surface area (Å²) in [5.41, 5.74) is -0.165. The number of carbonyl (C=O) groups excluding carboxylic acids is 2. The molecule has 0 aromatic carbocycles. The molecular formula is C19H30N2O2. The molecule has 5 aliphatic carbocycles. The zero-order valence-corrected chi connectivity index (χ0v) is 14.4. The largest absolute Gasteiger partial charge is 0.352 e. The first kappa shape index (κ1) is 15.5. The van der Waals surface area contributed by atoms with E-state index in [1.165, 1.54) is 19.3 Å². The van der Waals surface area contributed by atoms with Crippen molar-refractivity contribution >= 4 is 11.8 Å². The fourth-order valence-electron chi connectivity index (χ4n) is 5.74. The van der Waals surface area contributed by atoms with Crippen LogP contribution >= 0.6 is 0 Å².